The lowest BCUT2D eigenvalue weighted by Gasteiger charge is -2.44. The van der Waals surface area contributed by atoms with Crippen molar-refractivity contribution >= 4 is 23.3 Å². The predicted molar refractivity (Wildman–Crippen MR) is 109 cm³/mol. The minimum absolute atomic E-state index is 0.0504. The van der Waals surface area contributed by atoms with Crippen molar-refractivity contribution < 1.29 is 23.9 Å². The lowest BCUT2D eigenvalue weighted by atomic mass is 9.82. The minimum Gasteiger partial charge on any atom is -0.497 e. The summed E-state index contributed by atoms with van der Waals surface area (Å²) in [4.78, 5) is 39.0. The van der Waals surface area contributed by atoms with Gasteiger partial charge in [0.25, 0.3) is 5.91 Å². The second kappa shape index (κ2) is 6.86. The molecule has 1 N–H and O–H groups in total. The second-order valence-electron chi connectivity index (χ2n) is 8.14. The third-order valence-corrected chi connectivity index (χ3v) is 6.24. The van der Waals surface area contributed by atoms with Gasteiger partial charge in [0.05, 0.1) is 25.5 Å². The molecular weight excluding hydrogens is 384 g/mol. The van der Waals surface area contributed by atoms with Gasteiger partial charge < -0.3 is 19.7 Å². The summed E-state index contributed by atoms with van der Waals surface area (Å²) in [6.45, 7) is 1.03. The zero-order valence-corrected chi connectivity index (χ0v) is 16.7. The molecular formula is C23H22N2O5. The van der Waals surface area contributed by atoms with E-state index in [2.05, 4.69) is 5.32 Å². The first-order valence-corrected chi connectivity index (χ1v) is 10.1. The van der Waals surface area contributed by atoms with Gasteiger partial charge in [-0.15, -0.1) is 0 Å². The third kappa shape index (κ3) is 3.10. The van der Waals surface area contributed by atoms with Crippen LogP contribution < -0.4 is 14.8 Å². The summed E-state index contributed by atoms with van der Waals surface area (Å²) >= 11 is 0. The standard InChI is InChI=1S/C23H22N2O5/c1-29-16-3-4-17-19(26)13-23(30-20(17)12-16)6-8-25(9-7-23)22(28)14-2-5-18-15(10-14)11-21(27)24-18/h2-5,10,12H,6-9,11,13H2,1H3,(H,24,27). The number of piperidine rings is 1. The fourth-order valence-corrected chi connectivity index (χ4v) is 4.54. The number of carbonyl (C=O) groups is 3. The molecule has 0 atom stereocenters. The number of hydrogen-bond donors (Lipinski definition) is 1. The van der Waals surface area contributed by atoms with Crippen molar-refractivity contribution in [2.24, 2.45) is 0 Å². The number of ketones is 1. The van der Waals surface area contributed by atoms with Crippen molar-refractivity contribution in [2.75, 3.05) is 25.5 Å². The van der Waals surface area contributed by atoms with Gasteiger partial charge in [-0.2, -0.15) is 0 Å². The van der Waals surface area contributed by atoms with E-state index < -0.39 is 5.60 Å². The molecule has 0 aromatic heterocycles. The maximum absolute atomic E-state index is 13.0. The normalized spacial score (nSPS) is 19.0. The maximum Gasteiger partial charge on any atom is 0.253 e. The number of Topliss-reactive ketones (excluding diaryl/α,β-unsaturated/α-hetero) is 1. The van der Waals surface area contributed by atoms with E-state index in [-0.39, 0.29) is 17.6 Å². The molecule has 0 bridgehead atoms. The van der Waals surface area contributed by atoms with Crippen molar-refractivity contribution in [2.45, 2.75) is 31.3 Å². The molecule has 3 aliphatic heterocycles. The smallest absolute Gasteiger partial charge is 0.253 e. The van der Waals surface area contributed by atoms with E-state index in [1.807, 2.05) is 0 Å². The number of ether oxygens (including phenoxy) is 2. The van der Waals surface area contributed by atoms with Crippen LogP contribution in [-0.2, 0) is 11.2 Å². The topological polar surface area (TPSA) is 84.9 Å². The number of rotatable bonds is 2. The van der Waals surface area contributed by atoms with Gasteiger partial charge in [0, 0.05) is 43.2 Å². The van der Waals surface area contributed by atoms with Crippen LogP contribution in [0.4, 0.5) is 5.69 Å². The predicted octanol–water partition coefficient (Wildman–Crippen LogP) is 2.83. The van der Waals surface area contributed by atoms with Crippen LogP contribution in [-0.4, -0.2) is 48.3 Å². The number of nitrogens with one attached hydrogen (secondary N) is 1. The van der Waals surface area contributed by atoms with Gasteiger partial charge in [0.2, 0.25) is 5.91 Å². The Bertz CT molecular complexity index is 1070. The summed E-state index contributed by atoms with van der Waals surface area (Å²) < 4.78 is 11.6. The van der Waals surface area contributed by atoms with Gasteiger partial charge in [-0.25, -0.2) is 0 Å². The van der Waals surface area contributed by atoms with Gasteiger partial charge in [0.15, 0.2) is 5.78 Å². The summed E-state index contributed by atoms with van der Waals surface area (Å²) in [5.74, 6) is 1.16. The van der Waals surface area contributed by atoms with E-state index >= 15 is 0 Å². The van der Waals surface area contributed by atoms with E-state index in [0.29, 0.717) is 61.4 Å². The first kappa shape index (κ1) is 18.7. The molecule has 2 aromatic rings. The number of hydrogen-bond acceptors (Lipinski definition) is 5. The molecule has 0 radical (unpaired) electrons. The highest BCUT2D eigenvalue weighted by atomic mass is 16.5. The Balaban J connectivity index is 1.30. The summed E-state index contributed by atoms with van der Waals surface area (Å²) in [5.41, 5.74) is 2.21. The first-order valence-electron chi connectivity index (χ1n) is 10.1. The minimum atomic E-state index is -0.582. The van der Waals surface area contributed by atoms with Gasteiger partial charge in [-0.05, 0) is 35.9 Å². The number of methoxy groups -OCH3 is 1. The van der Waals surface area contributed by atoms with Crippen molar-refractivity contribution in [3.05, 3.63) is 53.1 Å². The molecule has 0 unspecified atom stereocenters. The Morgan fingerprint density at radius 1 is 1.13 bits per heavy atom. The van der Waals surface area contributed by atoms with E-state index in [9.17, 15) is 14.4 Å². The van der Waals surface area contributed by atoms with Crippen LogP contribution in [0, 0.1) is 0 Å². The summed E-state index contributed by atoms with van der Waals surface area (Å²) in [6.07, 6.45) is 1.80. The second-order valence-corrected chi connectivity index (χ2v) is 8.14. The lowest BCUT2D eigenvalue weighted by molar-refractivity contribution is -0.115. The Labute approximate surface area is 174 Å². The van der Waals surface area contributed by atoms with E-state index in [1.54, 1.807) is 48.4 Å². The van der Waals surface area contributed by atoms with Gasteiger partial charge in [-0.3, -0.25) is 14.4 Å². The first-order chi connectivity index (χ1) is 14.5. The molecule has 1 spiro atoms. The highest BCUT2D eigenvalue weighted by Crippen LogP contribution is 2.41. The fourth-order valence-electron chi connectivity index (χ4n) is 4.54. The number of nitrogens with zero attached hydrogens (tertiary/aromatic N) is 1. The van der Waals surface area contributed by atoms with Crippen molar-refractivity contribution in [3.8, 4) is 11.5 Å². The van der Waals surface area contributed by atoms with Crippen molar-refractivity contribution in [1.29, 1.82) is 0 Å². The summed E-state index contributed by atoms with van der Waals surface area (Å²) in [5, 5.41) is 2.78. The van der Waals surface area contributed by atoms with Gasteiger partial charge in [0.1, 0.15) is 17.1 Å². The molecule has 154 valence electrons. The molecule has 30 heavy (non-hydrogen) atoms. The van der Waals surface area contributed by atoms with Crippen molar-refractivity contribution in [3.63, 3.8) is 0 Å². The lowest BCUT2D eigenvalue weighted by Crippen LogP contribution is -2.52. The van der Waals surface area contributed by atoms with Crippen LogP contribution in [0.1, 0.15) is 45.5 Å². The Hall–Kier alpha value is -3.35. The highest BCUT2D eigenvalue weighted by molar-refractivity contribution is 6.02. The zero-order chi connectivity index (χ0) is 20.9. The monoisotopic (exact) mass is 406 g/mol. The highest BCUT2D eigenvalue weighted by Gasteiger charge is 2.44. The number of amides is 2. The molecule has 7 heteroatoms. The summed E-state index contributed by atoms with van der Waals surface area (Å²) in [6, 6.07) is 10.6. The average Bonchev–Trinajstić information content (AvgIpc) is 3.12. The fraction of sp³-hybridized carbons (Fsp3) is 0.348. The molecule has 2 amide bonds. The van der Waals surface area contributed by atoms with Gasteiger partial charge >= 0.3 is 0 Å². The van der Waals surface area contributed by atoms with Crippen LogP contribution in [0.5, 0.6) is 11.5 Å². The third-order valence-electron chi connectivity index (χ3n) is 6.24. The van der Waals surface area contributed by atoms with Crippen LogP contribution in [0.25, 0.3) is 0 Å². The molecule has 0 aliphatic carbocycles. The average molecular weight is 406 g/mol. The quantitative estimate of drug-likeness (QED) is 0.829. The molecule has 1 fully saturated rings. The molecule has 0 saturated carbocycles. The molecule has 3 aliphatic rings. The van der Waals surface area contributed by atoms with E-state index in [4.69, 9.17) is 9.47 Å². The number of likely N-dealkylation sites (tertiary alicyclic amines) is 1. The Morgan fingerprint density at radius 2 is 1.93 bits per heavy atom. The Kier molecular flexibility index (Phi) is 4.27. The molecule has 7 nitrogen and oxygen atoms in total. The zero-order valence-electron chi connectivity index (χ0n) is 16.7. The number of carbonyl (C=O) groups excluding carboxylic acids is 3. The number of fused-ring (bicyclic) bond motifs is 2. The maximum atomic E-state index is 13.0. The molecule has 5 rings (SSSR count). The SMILES string of the molecule is COc1ccc2c(c1)OC1(CCN(C(=O)c3ccc4c(c3)CC(=O)N4)CC1)CC2=O. The van der Waals surface area contributed by atoms with Gasteiger partial charge in [-0.1, -0.05) is 0 Å². The largest absolute Gasteiger partial charge is 0.497 e. The van der Waals surface area contributed by atoms with E-state index in [0.717, 1.165) is 11.3 Å². The van der Waals surface area contributed by atoms with Crippen LogP contribution in [0.15, 0.2) is 36.4 Å². The van der Waals surface area contributed by atoms with Crippen molar-refractivity contribution in [1.82, 2.24) is 4.90 Å². The number of anilines is 1. The number of benzene rings is 2. The van der Waals surface area contributed by atoms with Crippen LogP contribution in [0.3, 0.4) is 0 Å². The molecule has 2 aromatic carbocycles. The molecule has 3 heterocycles. The van der Waals surface area contributed by atoms with Crippen LogP contribution in [0.2, 0.25) is 0 Å². The Morgan fingerprint density at radius 3 is 2.70 bits per heavy atom. The van der Waals surface area contributed by atoms with Crippen LogP contribution >= 0.6 is 0 Å². The molecule has 1 saturated heterocycles. The summed E-state index contributed by atoms with van der Waals surface area (Å²) in [7, 11) is 1.58. The van der Waals surface area contributed by atoms with E-state index in [1.165, 1.54) is 0 Å².